The molecular formula is C9H13NO2. The summed E-state index contributed by atoms with van der Waals surface area (Å²) in [5.74, 6) is -0.0861. The van der Waals surface area contributed by atoms with E-state index < -0.39 is 19.6 Å². The third kappa shape index (κ3) is 2.22. The first kappa shape index (κ1) is 4.84. The van der Waals surface area contributed by atoms with E-state index in [2.05, 4.69) is 5.32 Å². The largest absolute Gasteiger partial charge is 0.508 e. The van der Waals surface area contributed by atoms with Crippen molar-refractivity contribution in [2.24, 2.45) is 0 Å². The van der Waals surface area contributed by atoms with E-state index in [9.17, 15) is 10.2 Å². The second-order valence-corrected chi connectivity index (χ2v) is 2.35. The molecule has 1 atom stereocenters. The standard InChI is InChI=1S/C9H13NO2/c1-10-6-9(12)7-3-2-4-8(11)5-7/h2-5,9-12H,6H2,1H3/t9-/m1/s1/i1D3,9D. The summed E-state index contributed by atoms with van der Waals surface area (Å²) in [6.45, 7) is -2.86. The van der Waals surface area contributed by atoms with Gasteiger partial charge < -0.3 is 15.5 Å². The molecule has 0 aromatic heterocycles. The molecule has 0 saturated carbocycles. The van der Waals surface area contributed by atoms with Crippen LogP contribution in [0.25, 0.3) is 0 Å². The topological polar surface area (TPSA) is 52.5 Å². The van der Waals surface area contributed by atoms with Crippen LogP contribution in [0.15, 0.2) is 24.3 Å². The van der Waals surface area contributed by atoms with Gasteiger partial charge in [-0.2, -0.15) is 0 Å². The summed E-state index contributed by atoms with van der Waals surface area (Å²) in [6, 6.07) is 5.53. The average Bonchev–Trinajstić information content (AvgIpc) is 2.14. The van der Waals surface area contributed by atoms with Crippen molar-refractivity contribution in [2.75, 3.05) is 13.5 Å². The Morgan fingerprint density at radius 3 is 3.25 bits per heavy atom. The minimum atomic E-state index is -2.41. The molecule has 0 aliphatic heterocycles. The quantitative estimate of drug-likeness (QED) is 0.625. The monoisotopic (exact) mass is 171 g/mol. The van der Waals surface area contributed by atoms with Gasteiger partial charge in [0, 0.05) is 10.7 Å². The number of rotatable bonds is 3. The van der Waals surface area contributed by atoms with Crippen molar-refractivity contribution in [3.63, 3.8) is 0 Å². The number of hydrogen-bond donors (Lipinski definition) is 3. The van der Waals surface area contributed by atoms with Crippen molar-refractivity contribution in [3.05, 3.63) is 29.8 Å². The number of aromatic hydroxyl groups is 1. The molecule has 0 spiro atoms. The van der Waals surface area contributed by atoms with Crippen LogP contribution in [-0.2, 0) is 0 Å². The van der Waals surface area contributed by atoms with Crippen LogP contribution in [0.1, 0.15) is 17.1 Å². The van der Waals surface area contributed by atoms with E-state index in [1.807, 2.05) is 0 Å². The van der Waals surface area contributed by atoms with Gasteiger partial charge in [0.05, 0.1) is 7.45 Å². The zero-order valence-electron chi connectivity index (χ0n) is 10.4. The van der Waals surface area contributed by atoms with Crippen molar-refractivity contribution in [1.82, 2.24) is 5.32 Å². The van der Waals surface area contributed by atoms with E-state index in [0.29, 0.717) is 0 Å². The summed E-state index contributed by atoms with van der Waals surface area (Å²) < 4.78 is 28.3. The van der Waals surface area contributed by atoms with Crippen molar-refractivity contribution in [1.29, 1.82) is 0 Å². The fraction of sp³-hybridized carbons (Fsp3) is 0.333. The van der Waals surface area contributed by atoms with Gasteiger partial charge in [-0.15, -0.1) is 0 Å². The maximum absolute atomic E-state index is 9.72. The maximum atomic E-state index is 9.72. The second kappa shape index (κ2) is 4.09. The Labute approximate surface area is 77.3 Å². The molecule has 0 heterocycles. The molecule has 12 heavy (non-hydrogen) atoms. The highest BCUT2D eigenvalue weighted by Crippen LogP contribution is 2.17. The Morgan fingerprint density at radius 1 is 1.75 bits per heavy atom. The zero-order chi connectivity index (χ0) is 12.4. The lowest BCUT2D eigenvalue weighted by molar-refractivity contribution is 0.177. The second-order valence-electron chi connectivity index (χ2n) is 2.35. The Kier molecular flexibility index (Phi) is 1.65. The summed E-state index contributed by atoms with van der Waals surface area (Å²) in [4.78, 5) is 0. The van der Waals surface area contributed by atoms with E-state index in [0.717, 1.165) is 0 Å². The van der Waals surface area contributed by atoms with Gasteiger partial charge >= 0.3 is 0 Å². The Bertz CT molecular complexity index is 365. The van der Waals surface area contributed by atoms with Crippen LogP contribution in [0.5, 0.6) is 5.75 Å². The van der Waals surface area contributed by atoms with Crippen LogP contribution >= 0.6 is 0 Å². The molecule has 1 rings (SSSR count). The van der Waals surface area contributed by atoms with Crippen LogP contribution < -0.4 is 5.32 Å². The molecule has 0 saturated heterocycles. The first-order chi connectivity index (χ1) is 7.21. The Hall–Kier alpha value is -1.06. The van der Waals surface area contributed by atoms with E-state index in [4.69, 9.17) is 5.48 Å². The molecule has 66 valence electrons. The van der Waals surface area contributed by atoms with Gasteiger partial charge in [0.15, 0.2) is 0 Å². The lowest BCUT2D eigenvalue weighted by Gasteiger charge is -2.09. The number of phenolic OH excluding ortho intramolecular Hbond substituents is 1. The maximum Gasteiger partial charge on any atom is 0.115 e. The van der Waals surface area contributed by atoms with Crippen LogP contribution in [0.3, 0.4) is 0 Å². The number of hydrogen-bond acceptors (Lipinski definition) is 3. The smallest absolute Gasteiger partial charge is 0.115 e. The van der Waals surface area contributed by atoms with Crippen LogP contribution in [-0.4, -0.2) is 23.7 Å². The molecule has 3 N–H and O–H groups in total. The Balaban J connectivity index is 2.77. The summed E-state index contributed by atoms with van der Waals surface area (Å²) in [6.07, 6.45) is -2.09. The fourth-order valence-electron chi connectivity index (χ4n) is 0.871. The molecular weight excluding hydrogens is 154 g/mol. The van der Waals surface area contributed by atoms with Gasteiger partial charge in [-0.1, -0.05) is 12.1 Å². The highest BCUT2D eigenvalue weighted by molar-refractivity contribution is 5.28. The number of benzene rings is 1. The third-order valence-electron chi connectivity index (χ3n) is 1.44. The highest BCUT2D eigenvalue weighted by atomic mass is 16.3. The van der Waals surface area contributed by atoms with Gasteiger partial charge in [0.2, 0.25) is 0 Å². The fourth-order valence-corrected chi connectivity index (χ4v) is 0.871. The minimum Gasteiger partial charge on any atom is -0.508 e. The van der Waals surface area contributed by atoms with Gasteiger partial charge in [-0.05, 0) is 24.7 Å². The molecule has 0 bridgehead atoms. The van der Waals surface area contributed by atoms with Gasteiger partial charge in [-0.3, -0.25) is 0 Å². The van der Waals surface area contributed by atoms with Crippen LogP contribution in [0, 0.1) is 0 Å². The Morgan fingerprint density at radius 2 is 2.58 bits per heavy atom. The van der Waals surface area contributed by atoms with Gasteiger partial charge in [-0.25, -0.2) is 0 Å². The molecule has 0 fully saturated rings. The van der Waals surface area contributed by atoms with E-state index in [1.54, 1.807) is 0 Å². The molecule has 0 unspecified atom stereocenters. The first-order valence-corrected chi connectivity index (χ1v) is 3.48. The summed E-state index contributed by atoms with van der Waals surface area (Å²) >= 11 is 0. The summed E-state index contributed by atoms with van der Waals surface area (Å²) in [5, 5.41) is 21.0. The molecule has 0 amide bonds. The van der Waals surface area contributed by atoms with Crippen molar-refractivity contribution >= 4 is 0 Å². The third-order valence-corrected chi connectivity index (χ3v) is 1.44. The number of phenols is 1. The molecule has 1 aromatic carbocycles. The molecule has 0 aliphatic rings. The summed E-state index contributed by atoms with van der Waals surface area (Å²) in [7, 11) is 0. The molecule has 1 aromatic rings. The minimum absolute atomic E-state index is 0.0861. The number of likely N-dealkylation sites (N-methyl/N-ethyl adjacent to an activating group) is 1. The number of nitrogens with one attached hydrogen (secondary N) is 1. The predicted molar refractivity (Wildman–Crippen MR) is 47.0 cm³/mol. The normalized spacial score (nSPS) is 21.4. The molecule has 0 radical (unpaired) electrons. The average molecular weight is 171 g/mol. The van der Waals surface area contributed by atoms with E-state index >= 15 is 0 Å². The van der Waals surface area contributed by atoms with E-state index in [-0.39, 0.29) is 11.3 Å². The zero-order valence-corrected chi connectivity index (χ0v) is 6.41. The predicted octanol–water partition coefficient (Wildman–Crippen LogP) is 0.645. The lowest BCUT2D eigenvalue weighted by Crippen LogP contribution is -2.16. The van der Waals surface area contributed by atoms with Gasteiger partial charge in [0.1, 0.15) is 5.75 Å². The SMILES string of the molecule is [2H]C([2H])([2H])NC[C@@]([2H])(O)c1cccc(O)c1. The highest BCUT2D eigenvalue weighted by Gasteiger charge is 2.05. The first-order valence-electron chi connectivity index (χ1n) is 5.48. The molecule has 3 heteroatoms. The summed E-state index contributed by atoms with van der Waals surface area (Å²) in [5.41, 5.74) is 0.129. The van der Waals surface area contributed by atoms with Crippen LogP contribution in [0.2, 0.25) is 0 Å². The molecule has 3 nitrogen and oxygen atoms in total. The number of aliphatic hydroxyl groups is 1. The van der Waals surface area contributed by atoms with Crippen LogP contribution in [0.4, 0.5) is 0 Å². The molecule has 0 aliphatic carbocycles. The van der Waals surface area contributed by atoms with Crippen molar-refractivity contribution in [2.45, 2.75) is 6.08 Å². The van der Waals surface area contributed by atoms with E-state index in [1.165, 1.54) is 24.3 Å². The van der Waals surface area contributed by atoms with Crippen molar-refractivity contribution in [3.8, 4) is 5.75 Å². The van der Waals surface area contributed by atoms with Gasteiger partial charge in [0.25, 0.3) is 0 Å². The van der Waals surface area contributed by atoms with Crippen molar-refractivity contribution < 1.29 is 15.7 Å². The lowest BCUT2D eigenvalue weighted by atomic mass is 10.1.